The van der Waals surface area contributed by atoms with Crippen LogP contribution in [0.5, 0.6) is 0 Å². The second kappa shape index (κ2) is 10.6. The Morgan fingerprint density at radius 1 is 1.03 bits per heavy atom. The Kier molecular flexibility index (Phi) is 8.11. The van der Waals surface area contributed by atoms with Crippen molar-refractivity contribution >= 4 is 33.2 Å². The van der Waals surface area contributed by atoms with Gasteiger partial charge < -0.3 is 10.2 Å². The highest BCUT2D eigenvalue weighted by Gasteiger charge is 2.28. The fraction of sp³-hybridized carbons (Fsp3) is 0.435. The molecular formula is C23H30ClN3O3S. The van der Waals surface area contributed by atoms with Crippen LogP contribution in [0.25, 0.3) is 0 Å². The summed E-state index contributed by atoms with van der Waals surface area (Å²) in [6.45, 7) is 1.91. The predicted molar refractivity (Wildman–Crippen MR) is 125 cm³/mol. The third-order valence-corrected chi connectivity index (χ3v) is 7.82. The molecular weight excluding hydrogens is 434 g/mol. The smallest absolute Gasteiger partial charge is 0.255 e. The Bertz CT molecular complexity index is 999. The number of rotatable bonds is 7. The first-order valence-corrected chi connectivity index (χ1v) is 12.4. The van der Waals surface area contributed by atoms with Gasteiger partial charge in [0, 0.05) is 30.9 Å². The summed E-state index contributed by atoms with van der Waals surface area (Å²) in [7, 11) is 0.313. The van der Waals surface area contributed by atoms with Gasteiger partial charge in [-0.15, -0.1) is 0 Å². The molecule has 0 unspecified atom stereocenters. The summed E-state index contributed by atoms with van der Waals surface area (Å²) in [5.41, 5.74) is 2.10. The van der Waals surface area contributed by atoms with E-state index in [1.807, 2.05) is 38.4 Å². The molecule has 0 aromatic heterocycles. The van der Waals surface area contributed by atoms with Gasteiger partial charge in [-0.1, -0.05) is 36.6 Å². The SMILES string of the molecule is CN(C)CCc1ccc(NC(=O)c2ccc(Cl)c(S(=O)(=O)N3CCCCCC3)c2)cc1. The van der Waals surface area contributed by atoms with Gasteiger partial charge in [-0.2, -0.15) is 4.31 Å². The van der Waals surface area contributed by atoms with Gasteiger partial charge in [0.15, 0.2) is 0 Å². The summed E-state index contributed by atoms with van der Waals surface area (Å²) in [5, 5.41) is 2.97. The number of sulfonamides is 1. The third kappa shape index (κ3) is 6.29. The van der Waals surface area contributed by atoms with Crippen LogP contribution in [0.3, 0.4) is 0 Å². The lowest BCUT2D eigenvalue weighted by molar-refractivity contribution is 0.102. The largest absolute Gasteiger partial charge is 0.322 e. The molecule has 2 aromatic rings. The number of halogens is 1. The topological polar surface area (TPSA) is 69.7 Å². The molecule has 0 aliphatic carbocycles. The monoisotopic (exact) mass is 463 g/mol. The average molecular weight is 464 g/mol. The van der Waals surface area contributed by atoms with Gasteiger partial charge >= 0.3 is 0 Å². The molecule has 168 valence electrons. The third-order valence-electron chi connectivity index (χ3n) is 5.44. The minimum Gasteiger partial charge on any atom is -0.322 e. The molecule has 1 aliphatic rings. The van der Waals surface area contributed by atoms with E-state index < -0.39 is 10.0 Å². The highest BCUT2D eigenvalue weighted by atomic mass is 35.5. The fourth-order valence-corrected chi connectivity index (χ4v) is 5.59. The van der Waals surface area contributed by atoms with E-state index in [1.54, 1.807) is 6.07 Å². The summed E-state index contributed by atoms with van der Waals surface area (Å²) in [6, 6.07) is 12.1. The average Bonchev–Trinajstić information content (AvgIpc) is 3.03. The number of nitrogens with zero attached hydrogens (tertiary/aromatic N) is 2. The molecule has 2 aromatic carbocycles. The van der Waals surface area contributed by atoms with Crippen molar-refractivity contribution in [2.75, 3.05) is 39.0 Å². The van der Waals surface area contributed by atoms with Crippen LogP contribution in [0, 0.1) is 0 Å². The second-order valence-corrected chi connectivity index (χ2v) is 10.5. The van der Waals surface area contributed by atoms with Crippen LogP contribution in [-0.4, -0.2) is 57.3 Å². The number of likely N-dealkylation sites (N-methyl/N-ethyl adjacent to an activating group) is 1. The first kappa shape index (κ1) is 23.7. The van der Waals surface area contributed by atoms with E-state index in [1.165, 1.54) is 22.0 Å². The van der Waals surface area contributed by atoms with Crippen molar-refractivity contribution in [3.8, 4) is 0 Å². The Balaban J connectivity index is 1.75. The molecule has 3 rings (SSSR count). The van der Waals surface area contributed by atoms with Crippen LogP contribution in [-0.2, 0) is 16.4 Å². The number of hydrogen-bond acceptors (Lipinski definition) is 4. The first-order valence-electron chi connectivity index (χ1n) is 10.6. The van der Waals surface area contributed by atoms with Crippen molar-refractivity contribution in [1.29, 1.82) is 0 Å². The molecule has 6 nitrogen and oxygen atoms in total. The normalized spacial score (nSPS) is 15.6. The van der Waals surface area contributed by atoms with E-state index in [0.29, 0.717) is 18.8 Å². The van der Waals surface area contributed by atoms with Crippen molar-refractivity contribution in [2.45, 2.75) is 37.0 Å². The Hall–Kier alpha value is -1.93. The highest BCUT2D eigenvalue weighted by molar-refractivity contribution is 7.89. The molecule has 0 bridgehead atoms. The molecule has 0 spiro atoms. The van der Waals surface area contributed by atoms with E-state index in [-0.39, 0.29) is 21.4 Å². The predicted octanol–water partition coefficient (Wildman–Crippen LogP) is 4.26. The van der Waals surface area contributed by atoms with Gasteiger partial charge in [0.25, 0.3) is 5.91 Å². The van der Waals surface area contributed by atoms with Gasteiger partial charge in [-0.25, -0.2) is 8.42 Å². The fourth-order valence-electron chi connectivity index (χ4n) is 3.57. The lowest BCUT2D eigenvalue weighted by atomic mass is 10.1. The molecule has 1 saturated heterocycles. The van der Waals surface area contributed by atoms with Crippen molar-refractivity contribution in [3.05, 3.63) is 58.6 Å². The van der Waals surface area contributed by atoms with Crippen LogP contribution < -0.4 is 5.32 Å². The molecule has 31 heavy (non-hydrogen) atoms. The van der Waals surface area contributed by atoms with Crippen LogP contribution in [0.4, 0.5) is 5.69 Å². The minimum absolute atomic E-state index is 0.0113. The first-order chi connectivity index (χ1) is 14.8. The molecule has 8 heteroatoms. The van der Waals surface area contributed by atoms with Gasteiger partial charge in [-0.3, -0.25) is 4.79 Å². The molecule has 0 atom stereocenters. The summed E-state index contributed by atoms with van der Waals surface area (Å²) < 4.78 is 27.8. The van der Waals surface area contributed by atoms with Crippen molar-refractivity contribution in [1.82, 2.24) is 9.21 Å². The van der Waals surface area contributed by atoms with Crippen molar-refractivity contribution < 1.29 is 13.2 Å². The van der Waals surface area contributed by atoms with Gasteiger partial charge in [0.2, 0.25) is 10.0 Å². The maximum atomic E-state index is 13.1. The van der Waals surface area contributed by atoms with E-state index in [0.717, 1.165) is 38.6 Å². The lowest BCUT2D eigenvalue weighted by Gasteiger charge is -2.21. The van der Waals surface area contributed by atoms with Crippen LogP contribution >= 0.6 is 11.6 Å². The molecule has 1 fully saturated rings. The Morgan fingerprint density at radius 2 is 1.68 bits per heavy atom. The number of amides is 1. The van der Waals surface area contributed by atoms with Crippen LogP contribution in [0.15, 0.2) is 47.4 Å². The number of benzene rings is 2. The lowest BCUT2D eigenvalue weighted by Crippen LogP contribution is -2.32. The molecule has 0 saturated carbocycles. The number of carbonyl (C=O) groups excluding carboxylic acids is 1. The standard InChI is InChI=1S/C23H30ClN3O3S/c1-26(2)16-13-18-7-10-20(11-8-18)25-23(28)19-9-12-21(24)22(17-19)31(29,30)27-14-5-3-4-6-15-27/h7-12,17H,3-6,13-16H2,1-2H3,(H,25,28). The van der Waals surface area contributed by atoms with Crippen LogP contribution in [0.1, 0.15) is 41.6 Å². The zero-order chi connectivity index (χ0) is 22.4. The van der Waals surface area contributed by atoms with Gasteiger partial charge in [-0.05, 0) is 69.3 Å². The molecule has 1 amide bonds. The molecule has 1 aliphatic heterocycles. The Morgan fingerprint density at radius 3 is 2.29 bits per heavy atom. The number of anilines is 1. The van der Waals surface area contributed by atoms with E-state index >= 15 is 0 Å². The second-order valence-electron chi connectivity index (χ2n) is 8.17. The van der Waals surface area contributed by atoms with Gasteiger partial charge in [0.1, 0.15) is 4.90 Å². The molecule has 1 N–H and O–H groups in total. The number of nitrogens with one attached hydrogen (secondary N) is 1. The van der Waals surface area contributed by atoms with E-state index in [2.05, 4.69) is 10.2 Å². The Labute approximate surface area is 190 Å². The van der Waals surface area contributed by atoms with Crippen molar-refractivity contribution in [2.24, 2.45) is 0 Å². The number of carbonyl (C=O) groups is 1. The highest BCUT2D eigenvalue weighted by Crippen LogP contribution is 2.28. The summed E-state index contributed by atoms with van der Waals surface area (Å²) in [4.78, 5) is 14.9. The van der Waals surface area contributed by atoms with E-state index in [4.69, 9.17) is 11.6 Å². The van der Waals surface area contributed by atoms with Crippen LogP contribution in [0.2, 0.25) is 5.02 Å². The summed E-state index contributed by atoms with van der Waals surface area (Å²) in [5.74, 6) is -0.370. The molecule has 0 radical (unpaired) electrons. The van der Waals surface area contributed by atoms with Gasteiger partial charge in [0.05, 0.1) is 5.02 Å². The minimum atomic E-state index is -3.75. The molecule has 1 heterocycles. The number of hydrogen-bond donors (Lipinski definition) is 1. The maximum absolute atomic E-state index is 13.1. The zero-order valence-corrected chi connectivity index (χ0v) is 19.7. The van der Waals surface area contributed by atoms with Crippen molar-refractivity contribution in [3.63, 3.8) is 0 Å². The quantitative estimate of drug-likeness (QED) is 0.666. The zero-order valence-electron chi connectivity index (χ0n) is 18.1. The summed E-state index contributed by atoms with van der Waals surface area (Å²) >= 11 is 6.23. The van der Waals surface area contributed by atoms with E-state index in [9.17, 15) is 13.2 Å². The maximum Gasteiger partial charge on any atom is 0.255 e. The summed E-state index contributed by atoms with van der Waals surface area (Å²) in [6.07, 6.45) is 4.64.